The SMILES string of the molecule is CSCC(C)(O)CNc1cc(Br)ncn1. The molecule has 1 aromatic heterocycles. The number of anilines is 1. The third kappa shape index (κ3) is 4.81. The van der Waals surface area contributed by atoms with E-state index in [9.17, 15) is 5.11 Å². The summed E-state index contributed by atoms with van der Waals surface area (Å²) in [5, 5.41) is 13.0. The molecule has 0 aromatic carbocycles. The highest BCUT2D eigenvalue weighted by Gasteiger charge is 2.19. The zero-order valence-electron chi connectivity index (χ0n) is 8.70. The number of hydrogen-bond donors (Lipinski definition) is 2. The van der Waals surface area contributed by atoms with Gasteiger partial charge in [0.2, 0.25) is 0 Å². The Hall–Kier alpha value is -0.330. The number of thioether (sulfide) groups is 1. The van der Waals surface area contributed by atoms with Crippen LogP contribution in [0.2, 0.25) is 0 Å². The standard InChI is InChI=1S/C9H14BrN3OS/c1-9(14,5-15-2)4-11-8-3-7(10)12-6-13-8/h3,6,14H,4-5H2,1-2H3,(H,11,12,13). The van der Waals surface area contributed by atoms with Gasteiger partial charge >= 0.3 is 0 Å². The highest BCUT2D eigenvalue weighted by molar-refractivity contribution is 9.10. The van der Waals surface area contributed by atoms with Crippen molar-refractivity contribution in [1.29, 1.82) is 0 Å². The van der Waals surface area contributed by atoms with Crippen molar-refractivity contribution in [2.75, 3.05) is 23.9 Å². The van der Waals surface area contributed by atoms with Gasteiger partial charge in [0.1, 0.15) is 16.7 Å². The number of nitrogens with zero attached hydrogens (tertiary/aromatic N) is 2. The van der Waals surface area contributed by atoms with Crippen molar-refractivity contribution in [3.05, 3.63) is 17.0 Å². The van der Waals surface area contributed by atoms with Crippen LogP contribution >= 0.6 is 27.7 Å². The van der Waals surface area contributed by atoms with Crippen LogP contribution in [0.25, 0.3) is 0 Å². The van der Waals surface area contributed by atoms with Crippen LogP contribution in [0.3, 0.4) is 0 Å². The lowest BCUT2D eigenvalue weighted by atomic mass is 10.1. The second-order valence-corrected chi connectivity index (χ2v) is 5.19. The van der Waals surface area contributed by atoms with Gasteiger partial charge in [0.15, 0.2) is 0 Å². The van der Waals surface area contributed by atoms with Gasteiger partial charge in [-0.2, -0.15) is 11.8 Å². The first kappa shape index (κ1) is 12.7. The number of aliphatic hydroxyl groups is 1. The minimum Gasteiger partial charge on any atom is -0.387 e. The Balaban J connectivity index is 2.49. The van der Waals surface area contributed by atoms with Crippen LogP contribution in [-0.2, 0) is 0 Å². The van der Waals surface area contributed by atoms with Crippen LogP contribution in [0.15, 0.2) is 17.0 Å². The zero-order valence-corrected chi connectivity index (χ0v) is 11.1. The number of halogens is 1. The second kappa shape index (κ2) is 5.67. The summed E-state index contributed by atoms with van der Waals surface area (Å²) in [5.41, 5.74) is -0.725. The van der Waals surface area contributed by atoms with E-state index in [0.717, 1.165) is 4.60 Å². The van der Waals surface area contributed by atoms with E-state index in [-0.39, 0.29) is 0 Å². The quantitative estimate of drug-likeness (QED) is 0.810. The summed E-state index contributed by atoms with van der Waals surface area (Å²) in [5.74, 6) is 1.39. The van der Waals surface area contributed by atoms with E-state index in [0.29, 0.717) is 18.1 Å². The lowest BCUT2D eigenvalue weighted by Crippen LogP contribution is -2.36. The highest BCUT2D eigenvalue weighted by atomic mass is 79.9. The molecule has 6 heteroatoms. The maximum Gasteiger partial charge on any atom is 0.130 e. The Morgan fingerprint density at radius 2 is 2.33 bits per heavy atom. The summed E-state index contributed by atoms with van der Waals surface area (Å²) in [6, 6.07) is 1.77. The number of rotatable bonds is 5. The van der Waals surface area contributed by atoms with Gasteiger partial charge in [-0.15, -0.1) is 0 Å². The molecule has 2 N–H and O–H groups in total. The van der Waals surface area contributed by atoms with Crippen molar-refractivity contribution in [3.63, 3.8) is 0 Å². The van der Waals surface area contributed by atoms with Gasteiger partial charge in [-0.3, -0.25) is 0 Å². The minimum atomic E-state index is -0.725. The van der Waals surface area contributed by atoms with Crippen molar-refractivity contribution in [2.45, 2.75) is 12.5 Å². The Labute approximate surface area is 102 Å². The number of hydrogen-bond acceptors (Lipinski definition) is 5. The third-order valence-electron chi connectivity index (χ3n) is 1.74. The van der Waals surface area contributed by atoms with Crippen LogP contribution in [0, 0.1) is 0 Å². The fourth-order valence-electron chi connectivity index (χ4n) is 1.07. The summed E-state index contributed by atoms with van der Waals surface area (Å²) in [6.45, 7) is 2.27. The molecule has 0 radical (unpaired) electrons. The predicted molar refractivity (Wildman–Crippen MR) is 67.2 cm³/mol. The summed E-state index contributed by atoms with van der Waals surface area (Å²) in [6.07, 6.45) is 3.44. The first-order valence-electron chi connectivity index (χ1n) is 4.46. The smallest absolute Gasteiger partial charge is 0.130 e. The molecule has 0 aliphatic rings. The monoisotopic (exact) mass is 291 g/mol. The van der Waals surface area contributed by atoms with Gasteiger partial charge in [-0.05, 0) is 29.1 Å². The van der Waals surface area contributed by atoms with Crippen molar-refractivity contribution >= 4 is 33.5 Å². The minimum absolute atomic E-state index is 0.470. The van der Waals surface area contributed by atoms with Crippen molar-refractivity contribution in [3.8, 4) is 0 Å². The summed E-state index contributed by atoms with van der Waals surface area (Å²) in [7, 11) is 0. The molecule has 1 unspecified atom stereocenters. The maximum absolute atomic E-state index is 9.91. The topological polar surface area (TPSA) is 58.0 Å². The summed E-state index contributed by atoms with van der Waals surface area (Å²) in [4.78, 5) is 7.95. The Kier molecular flexibility index (Phi) is 4.82. The maximum atomic E-state index is 9.91. The van der Waals surface area contributed by atoms with Crippen LogP contribution in [0.5, 0.6) is 0 Å². The van der Waals surface area contributed by atoms with Gasteiger partial charge in [0.25, 0.3) is 0 Å². The fourth-order valence-corrected chi connectivity index (χ4v) is 2.11. The van der Waals surface area contributed by atoms with E-state index >= 15 is 0 Å². The lowest BCUT2D eigenvalue weighted by Gasteiger charge is -2.22. The van der Waals surface area contributed by atoms with Crippen molar-refractivity contribution < 1.29 is 5.11 Å². The van der Waals surface area contributed by atoms with Gasteiger partial charge < -0.3 is 10.4 Å². The molecule has 0 aliphatic heterocycles. The molecule has 4 nitrogen and oxygen atoms in total. The van der Waals surface area contributed by atoms with Gasteiger partial charge in [-0.1, -0.05) is 0 Å². The first-order valence-corrected chi connectivity index (χ1v) is 6.65. The Morgan fingerprint density at radius 1 is 1.60 bits per heavy atom. The molecule has 0 spiro atoms. The van der Waals surface area contributed by atoms with E-state index < -0.39 is 5.60 Å². The summed E-state index contributed by atoms with van der Waals surface area (Å²) < 4.78 is 0.726. The van der Waals surface area contributed by atoms with Gasteiger partial charge in [-0.25, -0.2) is 9.97 Å². The highest BCUT2D eigenvalue weighted by Crippen LogP contribution is 2.13. The number of aromatic nitrogens is 2. The molecule has 0 saturated carbocycles. The molecule has 0 amide bonds. The van der Waals surface area contributed by atoms with Crippen LogP contribution in [0.4, 0.5) is 5.82 Å². The van der Waals surface area contributed by atoms with Crippen LogP contribution in [0.1, 0.15) is 6.92 Å². The molecular formula is C9H14BrN3OS. The van der Waals surface area contributed by atoms with Gasteiger partial charge in [0.05, 0.1) is 5.60 Å². The average Bonchev–Trinajstić information content (AvgIpc) is 2.15. The third-order valence-corrected chi connectivity index (χ3v) is 3.08. The van der Waals surface area contributed by atoms with E-state index in [4.69, 9.17) is 0 Å². The number of nitrogens with one attached hydrogen (secondary N) is 1. The van der Waals surface area contributed by atoms with E-state index in [1.807, 2.05) is 6.26 Å². The zero-order chi connectivity index (χ0) is 11.3. The summed E-state index contributed by atoms with van der Waals surface area (Å²) >= 11 is 4.87. The Bertz CT molecular complexity index is 322. The molecule has 0 fully saturated rings. The molecular weight excluding hydrogens is 278 g/mol. The van der Waals surface area contributed by atoms with Crippen LogP contribution < -0.4 is 5.32 Å². The Morgan fingerprint density at radius 3 is 2.93 bits per heavy atom. The second-order valence-electron chi connectivity index (χ2n) is 3.51. The molecule has 0 bridgehead atoms. The molecule has 15 heavy (non-hydrogen) atoms. The van der Waals surface area contributed by atoms with E-state index in [1.165, 1.54) is 6.33 Å². The molecule has 84 valence electrons. The van der Waals surface area contributed by atoms with Crippen LogP contribution in [-0.4, -0.2) is 39.2 Å². The first-order chi connectivity index (χ1) is 7.03. The fraction of sp³-hybridized carbons (Fsp3) is 0.556. The molecule has 0 saturated heterocycles. The van der Waals surface area contributed by atoms with Crippen molar-refractivity contribution in [1.82, 2.24) is 9.97 Å². The van der Waals surface area contributed by atoms with E-state index in [1.54, 1.807) is 24.8 Å². The molecule has 1 heterocycles. The molecule has 1 rings (SSSR count). The van der Waals surface area contributed by atoms with Crippen molar-refractivity contribution in [2.24, 2.45) is 0 Å². The average molecular weight is 292 g/mol. The normalized spacial score (nSPS) is 14.7. The predicted octanol–water partition coefficient (Wildman–Crippen LogP) is 1.76. The largest absolute Gasteiger partial charge is 0.387 e. The molecule has 0 aliphatic carbocycles. The van der Waals surface area contributed by atoms with Gasteiger partial charge in [0, 0.05) is 18.4 Å². The molecule has 1 aromatic rings. The molecule has 1 atom stereocenters. The van der Waals surface area contributed by atoms with E-state index in [2.05, 4.69) is 31.2 Å². The lowest BCUT2D eigenvalue weighted by molar-refractivity contribution is 0.0996.